The van der Waals surface area contributed by atoms with Crippen LogP contribution in [0.5, 0.6) is 5.75 Å². The van der Waals surface area contributed by atoms with E-state index in [1.165, 1.54) is 0 Å². The Bertz CT molecular complexity index is 759. The summed E-state index contributed by atoms with van der Waals surface area (Å²) in [5, 5.41) is 10.7. The molecule has 1 aliphatic heterocycles. The molecule has 3 rings (SSSR count). The number of hydrogen-bond donors (Lipinski definition) is 1. The molecule has 1 N–H and O–H groups in total. The van der Waals surface area contributed by atoms with Gasteiger partial charge >= 0.3 is 5.63 Å². The van der Waals surface area contributed by atoms with Crippen molar-refractivity contribution in [3.05, 3.63) is 63.7 Å². The quantitative estimate of drug-likeness (QED) is 0.807. The molecule has 0 radical (unpaired) electrons. The third-order valence-electron chi connectivity index (χ3n) is 5.51. The van der Waals surface area contributed by atoms with Crippen molar-refractivity contribution in [2.75, 3.05) is 13.2 Å². The number of ether oxygens (including phenoxy) is 1. The molecular formula is C22H28O4. The molecule has 2 aromatic rings. The zero-order valence-corrected chi connectivity index (χ0v) is 15.6. The highest BCUT2D eigenvalue weighted by atomic mass is 16.5. The third-order valence-corrected chi connectivity index (χ3v) is 5.51. The monoisotopic (exact) mass is 356 g/mol. The van der Waals surface area contributed by atoms with Crippen molar-refractivity contribution in [1.82, 2.24) is 0 Å². The number of benzene rings is 1. The molecule has 0 amide bonds. The van der Waals surface area contributed by atoms with E-state index in [0.29, 0.717) is 23.8 Å². The maximum Gasteiger partial charge on any atom is 0.343 e. The molecule has 1 fully saturated rings. The van der Waals surface area contributed by atoms with Gasteiger partial charge in [0.2, 0.25) is 0 Å². The molecule has 3 atom stereocenters. The second kappa shape index (κ2) is 8.54. The average molecular weight is 356 g/mol. The van der Waals surface area contributed by atoms with Gasteiger partial charge in [-0.1, -0.05) is 44.2 Å². The van der Waals surface area contributed by atoms with Crippen LogP contribution in [0.3, 0.4) is 0 Å². The number of rotatable bonds is 6. The van der Waals surface area contributed by atoms with Crippen LogP contribution in [-0.4, -0.2) is 18.3 Å². The summed E-state index contributed by atoms with van der Waals surface area (Å²) in [7, 11) is 0. The van der Waals surface area contributed by atoms with E-state index in [0.717, 1.165) is 37.9 Å². The van der Waals surface area contributed by atoms with Crippen molar-refractivity contribution >= 4 is 0 Å². The van der Waals surface area contributed by atoms with Gasteiger partial charge in [0.15, 0.2) is 0 Å². The Hall–Kier alpha value is -2.07. The zero-order valence-electron chi connectivity index (χ0n) is 15.6. The van der Waals surface area contributed by atoms with Crippen LogP contribution in [0.25, 0.3) is 0 Å². The average Bonchev–Trinajstić information content (AvgIpc) is 2.67. The normalized spacial score (nSPS) is 19.8. The fraction of sp³-hybridized carbons (Fsp3) is 0.500. The molecular weight excluding hydrogens is 328 g/mol. The maximum absolute atomic E-state index is 12.8. The summed E-state index contributed by atoms with van der Waals surface area (Å²) in [4.78, 5) is 12.8. The standard InChI is InChI=1S/C22H28O4/c1-3-17(16-11-8-12-25-14-16)20-13-19(23)21(22(24)26-20)18(4-2)15-9-6-5-7-10-15/h5-7,9-10,13,16-18,23H,3-4,8,11-12,14H2,1-2H3. The van der Waals surface area contributed by atoms with E-state index in [1.807, 2.05) is 37.3 Å². The predicted molar refractivity (Wildman–Crippen MR) is 102 cm³/mol. The second-order valence-electron chi connectivity index (χ2n) is 7.10. The summed E-state index contributed by atoms with van der Waals surface area (Å²) in [5.41, 5.74) is 0.946. The van der Waals surface area contributed by atoms with Crippen LogP contribution in [0.1, 0.15) is 68.3 Å². The molecule has 1 aromatic carbocycles. The smallest absolute Gasteiger partial charge is 0.343 e. The van der Waals surface area contributed by atoms with Gasteiger partial charge in [0.05, 0.1) is 12.2 Å². The lowest BCUT2D eigenvalue weighted by Gasteiger charge is -2.29. The van der Waals surface area contributed by atoms with Gasteiger partial charge in [-0.25, -0.2) is 4.79 Å². The van der Waals surface area contributed by atoms with Crippen molar-refractivity contribution in [2.45, 2.75) is 51.4 Å². The molecule has 1 aromatic heterocycles. The van der Waals surface area contributed by atoms with Crippen LogP contribution in [0, 0.1) is 5.92 Å². The lowest BCUT2D eigenvalue weighted by atomic mass is 9.83. The minimum atomic E-state index is -0.425. The Morgan fingerprint density at radius 1 is 1.19 bits per heavy atom. The van der Waals surface area contributed by atoms with Gasteiger partial charge in [-0.3, -0.25) is 0 Å². The molecule has 0 saturated carbocycles. The largest absolute Gasteiger partial charge is 0.507 e. The van der Waals surface area contributed by atoms with E-state index in [2.05, 4.69) is 6.92 Å². The van der Waals surface area contributed by atoms with E-state index in [9.17, 15) is 9.90 Å². The lowest BCUT2D eigenvalue weighted by molar-refractivity contribution is 0.0398. The number of aromatic hydroxyl groups is 1. The van der Waals surface area contributed by atoms with Crippen molar-refractivity contribution in [2.24, 2.45) is 5.92 Å². The maximum atomic E-state index is 12.8. The van der Waals surface area contributed by atoms with Crippen molar-refractivity contribution in [1.29, 1.82) is 0 Å². The van der Waals surface area contributed by atoms with Gasteiger partial charge in [-0.2, -0.15) is 0 Å². The first-order chi connectivity index (χ1) is 12.7. The van der Waals surface area contributed by atoms with Crippen LogP contribution < -0.4 is 5.63 Å². The molecule has 2 heterocycles. The van der Waals surface area contributed by atoms with Crippen LogP contribution in [-0.2, 0) is 4.74 Å². The van der Waals surface area contributed by atoms with Gasteiger partial charge in [0.1, 0.15) is 11.5 Å². The summed E-state index contributed by atoms with van der Waals surface area (Å²) in [6.45, 7) is 5.59. The van der Waals surface area contributed by atoms with E-state index in [1.54, 1.807) is 6.07 Å². The van der Waals surface area contributed by atoms with Crippen molar-refractivity contribution in [3.8, 4) is 5.75 Å². The fourth-order valence-electron chi connectivity index (χ4n) is 4.15. The van der Waals surface area contributed by atoms with Crippen LogP contribution in [0.4, 0.5) is 0 Å². The molecule has 0 bridgehead atoms. The van der Waals surface area contributed by atoms with Gasteiger partial charge in [-0.15, -0.1) is 0 Å². The summed E-state index contributed by atoms with van der Waals surface area (Å²) >= 11 is 0. The first-order valence-corrected chi connectivity index (χ1v) is 9.65. The molecule has 4 nitrogen and oxygen atoms in total. The summed E-state index contributed by atoms with van der Waals surface area (Å²) < 4.78 is 11.3. The van der Waals surface area contributed by atoms with Crippen molar-refractivity contribution < 1.29 is 14.3 Å². The summed E-state index contributed by atoms with van der Waals surface area (Å²) in [5.74, 6) is 0.886. The van der Waals surface area contributed by atoms with E-state index < -0.39 is 5.63 Å². The third kappa shape index (κ3) is 3.85. The van der Waals surface area contributed by atoms with Gasteiger partial charge < -0.3 is 14.3 Å². The number of hydrogen-bond acceptors (Lipinski definition) is 4. The highest BCUT2D eigenvalue weighted by molar-refractivity contribution is 5.40. The Kier molecular flexibility index (Phi) is 6.15. The molecule has 1 aliphatic rings. The molecule has 1 saturated heterocycles. The Balaban J connectivity index is 1.96. The van der Waals surface area contributed by atoms with Crippen LogP contribution >= 0.6 is 0 Å². The van der Waals surface area contributed by atoms with E-state index in [-0.39, 0.29) is 17.6 Å². The molecule has 4 heteroatoms. The summed E-state index contributed by atoms with van der Waals surface area (Å²) in [6.07, 6.45) is 3.66. The fourth-order valence-corrected chi connectivity index (χ4v) is 4.15. The van der Waals surface area contributed by atoms with Crippen LogP contribution in [0.2, 0.25) is 0 Å². The first kappa shape index (κ1) is 18.7. The molecule has 26 heavy (non-hydrogen) atoms. The van der Waals surface area contributed by atoms with Crippen molar-refractivity contribution in [3.63, 3.8) is 0 Å². The van der Waals surface area contributed by atoms with Gasteiger partial charge in [0.25, 0.3) is 0 Å². The SMILES string of the molecule is CCC(c1ccccc1)c1c(O)cc(C(CC)C2CCCOC2)oc1=O. The minimum absolute atomic E-state index is 0.0436. The Labute approximate surface area is 154 Å². The second-order valence-corrected chi connectivity index (χ2v) is 7.10. The molecule has 140 valence electrons. The molecule has 0 aliphatic carbocycles. The highest BCUT2D eigenvalue weighted by Gasteiger charge is 2.29. The Morgan fingerprint density at radius 2 is 1.96 bits per heavy atom. The topological polar surface area (TPSA) is 59.7 Å². The summed E-state index contributed by atoms with van der Waals surface area (Å²) in [6, 6.07) is 11.5. The van der Waals surface area contributed by atoms with Gasteiger partial charge in [0, 0.05) is 24.5 Å². The molecule has 0 spiro atoms. The van der Waals surface area contributed by atoms with Crippen LogP contribution in [0.15, 0.2) is 45.6 Å². The predicted octanol–water partition coefficient (Wildman–Crippen LogP) is 4.81. The van der Waals surface area contributed by atoms with E-state index in [4.69, 9.17) is 9.15 Å². The minimum Gasteiger partial charge on any atom is -0.507 e. The first-order valence-electron chi connectivity index (χ1n) is 9.65. The zero-order chi connectivity index (χ0) is 18.5. The highest BCUT2D eigenvalue weighted by Crippen LogP contribution is 2.37. The van der Waals surface area contributed by atoms with E-state index >= 15 is 0 Å². The lowest BCUT2D eigenvalue weighted by Crippen LogP contribution is -2.25. The Morgan fingerprint density at radius 3 is 2.54 bits per heavy atom. The van der Waals surface area contributed by atoms with Gasteiger partial charge in [-0.05, 0) is 37.2 Å². The molecule has 3 unspecified atom stereocenters.